The van der Waals surface area contributed by atoms with Crippen molar-refractivity contribution < 1.29 is 14.4 Å². The number of amides is 4. The Hall–Kier alpha value is -2.37. The van der Waals surface area contributed by atoms with E-state index in [0.29, 0.717) is 13.0 Å². The fraction of sp³-hybridized carbons (Fsp3) is 0.471. The molecule has 0 aromatic heterocycles. The third-order valence-corrected chi connectivity index (χ3v) is 3.77. The van der Waals surface area contributed by atoms with Crippen LogP contribution in [0.5, 0.6) is 0 Å². The van der Waals surface area contributed by atoms with Crippen LogP contribution in [0.2, 0.25) is 0 Å². The molecule has 1 fully saturated rings. The van der Waals surface area contributed by atoms with Crippen molar-refractivity contribution in [3.8, 4) is 0 Å². The molecule has 2 rings (SSSR count). The maximum absolute atomic E-state index is 12.1. The molecule has 0 spiro atoms. The lowest BCUT2D eigenvalue weighted by Gasteiger charge is -2.16. The molecule has 4 amide bonds. The lowest BCUT2D eigenvalue weighted by atomic mass is 10.1. The van der Waals surface area contributed by atoms with Gasteiger partial charge in [-0.25, -0.2) is 4.79 Å². The Kier molecular flexibility index (Phi) is 5.03. The molecular formula is C17H23N3O3. The third kappa shape index (κ3) is 4.09. The smallest absolute Gasteiger partial charge is 0.325 e. The van der Waals surface area contributed by atoms with E-state index in [1.165, 1.54) is 4.90 Å². The van der Waals surface area contributed by atoms with Gasteiger partial charge in [-0.1, -0.05) is 31.2 Å². The molecule has 6 heteroatoms. The van der Waals surface area contributed by atoms with Gasteiger partial charge < -0.3 is 10.6 Å². The summed E-state index contributed by atoms with van der Waals surface area (Å²) in [6.45, 7) is 6.07. The summed E-state index contributed by atoms with van der Waals surface area (Å²) in [5.41, 5.74) is 1.01. The summed E-state index contributed by atoms with van der Waals surface area (Å²) in [4.78, 5) is 36.7. The Labute approximate surface area is 136 Å². The molecular weight excluding hydrogens is 294 g/mol. The van der Waals surface area contributed by atoms with E-state index in [4.69, 9.17) is 0 Å². The topological polar surface area (TPSA) is 78.5 Å². The number of carbonyl (C=O) groups excluding carboxylic acids is 3. The number of nitrogens with zero attached hydrogens (tertiary/aromatic N) is 1. The van der Waals surface area contributed by atoms with Gasteiger partial charge in [0, 0.05) is 13.0 Å². The number of hydrogen-bond acceptors (Lipinski definition) is 3. The zero-order valence-electron chi connectivity index (χ0n) is 13.8. The van der Waals surface area contributed by atoms with Gasteiger partial charge in [-0.3, -0.25) is 14.5 Å². The molecule has 1 aliphatic heterocycles. The number of carbonyl (C=O) groups is 3. The zero-order valence-corrected chi connectivity index (χ0v) is 13.8. The second kappa shape index (κ2) is 6.81. The van der Waals surface area contributed by atoms with Gasteiger partial charge in [0.05, 0.1) is 6.54 Å². The van der Waals surface area contributed by atoms with Crippen molar-refractivity contribution in [2.75, 3.05) is 0 Å². The number of benzene rings is 1. The van der Waals surface area contributed by atoms with Crippen molar-refractivity contribution in [3.63, 3.8) is 0 Å². The molecule has 23 heavy (non-hydrogen) atoms. The van der Waals surface area contributed by atoms with E-state index in [-0.39, 0.29) is 24.4 Å². The minimum atomic E-state index is -0.847. The van der Waals surface area contributed by atoms with Gasteiger partial charge >= 0.3 is 6.03 Å². The molecule has 0 aliphatic carbocycles. The quantitative estimate of drug-likeness (QED) is 0.787. The van der Waals surface area contributed by atoms with Crippen LogP contribution in [0.25, 0.3) is 0 Å². The molecule has 6 nitrogen and oxygen atoms in total. The van der Waals surface area contributed by atoms with E-state index in [1.807, 2.05) is 31.2 Å². The van der Waals surface area contributed by atoms with E-state index in [9.17, 15) is 14.4 Å². The van der Waals surface area contributed by atoms with Gasteiger partial charge in [-0.2, -0.15) is 0 Å². The molecule has 124 valence electrons. The molecule has 1 aromatic rings. The Bertz CT molecular complexity index is 608. The summed E-state index contributed by atoms with van der Waals surface area (Å²) in [7, 11) is 0. The van der Waals surface area contributed by atoms with Crippen LogP contribution in [0.3, 0.4) is 0 Å². The van der Waals surface area contributed by atoms with Crippen LogP contribution in [-0.2, 0) is 22.7 Å². The van der Waals surface area contributed by atoms with E-state index >= 15 is 0 Å². The number of hydrogen-bond donors (Lipinski definition) is 2. The molecule has 0 bridgehead atoms. The van der Waals surface area contributed by atoms with Crippen LogP contribution in [0.15, 0.2) is 24.3 Å². The summed E-state index contributed by atoms with van der Waals surface area (Å²) >= 11 is 0. The van der Waals surface area contributed by atoms with Crippen LogP contribution in [-0.4, -0.2) is 28.3 Å². The predicted molar refractivity (Wildman–Crippen MR) is 86.4 cm³/mol. The highest BCUT2D eigenvalue weighted by atomic mass is 16.2. The minimum absolute atomic E-state index is 0.0399. The number of urea groups is 1. The van der Waals surface area contributed by atoms with E-state index < -0.39 is 5.54 Å². The molecule has 0 radical (unpaired) electrons. The van der Waals surface area contributed by atoms with Gasteiger partial charge in [0.2, 0.25) is 5.91 Å². The van der Waals surface area contributed by atoms with Crippen LogP contribution in [0, 0.1) is 0 Å². The van der Waals surface area contributed by atoms with Crippen molar-refractivity contribution in [2.24, 2.45) is 0 Å². The highest BCUT2D eigenvalue weighted by molar-refractivity contribution is 6.06. The van der Waals surface area contributed by atoms with Gasteiger partial charge in [0.15, 0.2) is 0 Å². The Morgan fingerprint density at radius 1 is 1.17 bits per heavy atom. The molecule has 0 saturated carbocycles. The average molecular weight is 317 g/mol. The van der Waals surface area contributed by atoms with Gasteiger partial charge in [0.25, 0.3) is 5.91 Å². The lowest BCUT2D eigenvalue weighted by Crippen LogP contribution is -2.40. The first-order valence-electron chi connectivity index (χ1n) is 7.82. The first-order valence-corrected chi connectivity index (χ1v) is 7.82. The van der Waals surface area contributed by atoms with Gasteiger partial charge in [-0.05, 0) is 31.4 Å². The van der Waals surface area contributed by atoms with Crippen molar-refractivity contribution in [3.05, 3.63) is 35.4 Å². The zero-order chi connectivity index (χ0) is 17.0. The summed E-state index contributed by atoms with van der Waals surface area (Å²) < 4.78 is 0. The summed E-state index contributed by atoms with van der Waals surface area (Å²) in [6, 6.07) is 7.16. The lowest BCUT2D eigenvalue weighted by molar-refractivity contribution is -0.130. The number of rotatable bonds is 6. The minimum Gasteiger partial charge on any atom is -0.352 e. The number of nitrogens with one attached hydrogen (secondary N) is 2. The van der Waals surface area contributed by atoms with E-state index in [0.717, 1.165) is 17.5 Å². The standard InChI is InChI=1S/C17H23N3O3/c1-4-5-14(21)18-10-12-6-8-13(9-7-12)11-20-15(22)17(2,3)19-16(20)23/h6-9H,4-5,10-11H2,1-3H3,(H,18,21)(H,19,23). The maximum atomic E-state index is 12.1. The first-order chi connectivity index (χ1) is 10.8. The SMILES string of the molecule is CCCC(=O)NCc1ccc(CN2C(=O)NC(C)(C)C2=O)cc1. The Balaban J connectivity index is 1.94. The van der Waals surface area contributed by atoms with E-state index in [1.54, 1.807) is 13.8 Å². The Morgan fingerprint density at radius 3 is 2.30 bits per heavy atom. The molecule has 0 unspecified atom stereocenters. The van der Waals surface area contributed by atoms with Crippen molar-refractivity contribution in [2.45, 2.75) is 52.2 Å². The van der Waals surface area contributed by atoms with Crippen molar-refractivity contribution in [1.29, 1.82) is 0 Å². The molecule has 1 saturated heterocycles. The fourth-order valence-corrected chi connectivity index (χ4v) is 2.42. The fourth-order valence-electron chi connectivity index (χ4n) is 2.42. The summed E-state index contributed by atoms with van der Waals surface area (Å²) in [5, 5.41) is 5.51. The summed E-state index contributed by atoms with van der Waals surface area (Å²) in [6.07, 6.45) is 1.35. The van der Waals surface area contributed by atoms with Crippen molar-refractivity contribution in [1.82, 2.24) is 15.5 Å². The molecule has 1 heterocycles. The number of imide groups is 1. The predicted octanol–water partition coefficient (Wildman–Crippen LogP) is 1.93. The maximum Gasteiger partial charge on any atom is 0.325 e. The van der Waals surface area contributed by atoms with Crippen LogP contribution in [0.4, 0.5) is 4.79 Å². The average Bonchev–Trinajstić information content (AvgIpc) is 2.69. The second-order valence-electron chi connectivity index (χ2n) is 6.29. The van der Waals surface area contributed by atoms with Gasteiger partial charge in [-0.15, -0.1) is 0 Å². The molecule has 1 aromatic carbocycles. The van der Waals surface area contributed by atoms with E-state index in [2.05, 4.69) is 10.6 Å². The normalized spacial score (nSPS) is 16.4. The highest BCUT2D eigenvalue weighted by Crippen LogP contribution is 2.19. The summed E-state index contributed by atoms with van der Waals surface area (Å²) in [5.74, 6) is -0.184. The monoisotopic (exact) mass is 317 g/mol. The van der Waals surface area contributed by atoms with Gasteiger partial charge in [0.1, 0.15) is 5.54 Å². The first kappa shape index (κ1) is 17.0. The second-order valence-corrected chi connectivity index (χ2v) is 6.29. The molecule has 1 aliphatic rings. The largest absolute Gasteiger partial charge is 0.352 e. The van der Waals surface area contributed by atoms with Crippen LogP contribution in [0.1, 0.15) is 44.7 Å². The van der Waals surface area contributed by atoms with Crippen LogP contribution >= 0.6 is 0 Å². The molecule has 2 N–H and O–H groups in total. The molecule has 0 atom stereocenters. The van der Waals surface area contributed by atoms with Crippen LogP contribution < -0.4 is 10.6 Å². The van der Waals surface area contributed by atoms with Crippen molar-refractivity contribution >= 4 is 17.8 Å². The third-order valence-electron chi connectivity index (χ3n) is 3.77. The highest BCUT2D eigenvalue weighted by Gasteiger charge is 2.43. The Morgan fingerprint density at radius 2 is 1.78 bits per heavy atom.